The Balaban J connectivity index is 2.12. The highest BCUT2D eigenvalue weighted by molar-refractivity contribution is 5.85. The summed E-state index contributed by atoms with van der Waals surface area (Å²) >= 11 is 0. The van der Waals surface area contributed by atoms with Crippen molar-refractivity contribution in [1.29, 1.82) is 0 Å². The third kappa shape index (κ3) is 2.22. The van der Waals surface area contributed by atoms with Crippen LogP contribution in [0.15, 0.2) is 0 Å². The summed E-state index contributed by atoms with van der Waals surface area (Å²) in [6, 6.07) is 0.921. The molecule has 3 nitrogen and oxygen atoms in total. The van der Waals surface area contributed by atoms with E-state index in [-0.39, 0.29) is 5.41 Å². The minimum atomic E-state index is -0.0488. The zero-order valence-electron chi connectivity index (χ0n) is 11.7. The first-order valence-corrected chi connectivity index (χ1v) is 7.01. The zero-order valence-corrected chi connectivity index (χ0v) is 11.7. The molecule has 1 unspecified atom stereocenters. The van der Waals surface area contributed by atoms with Gasteiger partial charge in [0.25, 0.3) is 0 Å². The first-order chi connectivity index (χ1) is 7.96. The Hall–Kier alpha value is -0.570. The molecule has 98 valence electrons. The topological polar surface area (TPSA) is 23.6 Å². The average Bonchev–Trinajstić information content (AvgIpc) is 2.57. The van der Waals surface area contributed by atoms with Crippen LogP contribution >= 0.6 is 0 Å². The normalized spacial score (nSPS) is 31.2. The molecule has 2 aliphatic heterocycles. The van der Waals surface area contributed by atoms with E-state index < -0.39 is 0 Å². The lowest BCUT2D eigenvalue weighted by Crippen LogP contribution is -2.50. The minimum absolute atomic E-state index is 0.0488. The summed E-state index contributed by atoms with van der Waals surface area (Å²) in [7, 11) is 0. The van der Waals surface area contributed by atoms with Crippen molar-refractivity contribution in [2.75, 3.05) is 19.6 Å². The maximum absolute atomic E-state index is 12.6. The number of rotatable bonds is 2. The van der Waals surface area contributed by atoms with Crippen molar-refractivity contribution in [1.82, 2.24) is 9.80 Å². The highest BCUT2D eigenvalue weighted by Gasteiger charge is 2.49. The van der Waals surface area contributed by atoms with Crippen LogP contribution in [0.4, 0.5) is 0 Å². The monoisotopic (exact) mass is 238 g/mol. The highest BCUT2D eigenvalue weighted by Crippen LogP contribution is 2.41. The Kier molecular flexibility index (Phi) is 3.48. The SMILES string of the molecule is CC(C)N1CCCC2(CCN(C(C)C)C2=O)C1. The van der Waals surface area contributed by atoms with Gasteiger partial charge in [-0.2, -0.15) is 0 Å². The molecule has 0 aliphatic carbocycles. The largest absolute Gasteiger partial charge is 0.340 e. The maximum atomic E-state index is 12.6. The van der Waals surface area contributed by atoms with Crippen LogP contribution in [0.25, 0.3) is 0 Å². The molecule has 0 radical (unpaired) electrons. The predicted octanol–water partition coefficient (Wildman–Crippen LogP) is 2.12. The standard InChI is InChI=1S/C14H26N2O/c1-11(2)15-8-5-6-14(10-15)7-9-16(12(3)4)13(14)17/h11-12H,5-10H2,1-4H3. The number of hydrogen-bond acceptors (Lipinski definition) is 2. The van der Waals surface area contributed by atoms with Crippen LogP contribution in [-0.2, 0) is 4.79 Å². The lowest BCUT2D eigenvalue weighted by Gasteiger charge is -2.41. The van der Waals surface area contributed by atoms with Gasteiger partial charge in [-0.05, 0) is 53.5 Å². The second-order valence-electron chi connectivity index (χ2n) is 6.29. The number of carbonyl (C=O) groups excluding carboxylic acids is 1. The molecule has 1 atom stereocenters. The van der Waals surface area contributed by atoms with Crippen molar-refractivity contribution < 1.29 is 4.79 Å². The lowest BCUT2D eigenvalue weighted by atomic mass is 9.78. The van der Waals surface area contributed by atoms with Crippen molar-refractivity contribution in [3.05, 3.63) is 0 Å². The Morgan fingerprint density at radius 1 is 1.06 bits per heavy atom. The fourth-order valence-electron chi connectivity index (χ4n) is 3.33. The van der Waals surface area contributed by atoms with Crippen LogP contribution in [0.5, 0.6) is 0 Å². The molecule has 17 heavy (non-hydrogen) atoms. The van der Waals surface area contributed by atoms with E-state index in [1.807, 2.05) is 0 Å². The molecular formula is C14H26N2O. The highest BCUT2D eigenvalue weighted by atomic mass is 16.2. The smallest absolute Gasteiger partial charge is 0.230 e. The van der Waals surface area contributed by atoms with E-state index in [1.54, 1.807) is 0 Å². The van der Waals surface area contributed by atoms with Gasteiger partial charge in [0, 0.05) is 25.2 Å². The van der Waals surface area contributed by atoms with Gasteiger partial charge in [-0.3, -0.25) is 9.69 Å². The predicted molar refractivity (Wildman–Crippen MR) is 69.8 cm³/mol. The maximum Gasteiger partial charge on any atom is 0.230 e. The third-order valence-corrected chi connectivity index (χ3v) is 4.51. The summed E-state index contributed by atoms with van der Waals surface area (Å²) in [5.74, 6) is 0.415. The van der Waals surface area contributed by atoms with Crippen LogP contribution < -0.4 is 0 Å². The molecule has 0 aromatic heterocycles. The molecule has 0 aromatic carbocycles. The van der Waals surface area contributed by atoms with E-state index in [0.717, 1.165) is 32.5 Å². The average molecular weight is 238 g/mol. The summed E-state index contributed by atoms with van der Waals surface area (Å²) in [5, 5.41) is 0. The summed E-state index contributed by atoms with van der Waals surface area (Å²) in [6.45, 7) is 11.8. The molecule has 0 aromatic rings. The quantitative estimate of drug-likeness (QED) is 0.735. The Labute approximate surface area is 105 Å². The van der Waals surface area contributed by atoms with Crippen LogP contribution in [0.2, 0.25) is 0 Å². The van der Waals surface area contributed by atoms with Gasteiger partial charge in [0.15, 0.2) is 0 Å². The first-order valence-electron chi connectivity index (χ1n) is 7.01. The van der Waals surface area contributed by atoms with Gasteiger partial charge in [0.2, 0.25) is 5.91 Å². The Bertz CT molecular complexity index is 301. The summed E-state index contributed by atoms with van der Waals surface area (Å²) in [5.41, 5.74) is -0.0488. The summed E-state index contributed by atoms with van der Waals surface area (Å²) in [6.07, 6.45) is 3.33. The molecule has 3 heteroatoms. The van der Waals surface area contributed by atoms with Gasteiger partial charge >= 0.3 is 0 Å². The second-order valence-corrected chi connectivity index (χ2v) is 6.29. The number of hydrogen-bond donors (Lipinski definition) is 0. The van der Waals surface area contributed by atoms with Gasteiger partial charge in [0.05, 0.1) is 5.41 Å². The molecule has 2 heterocycles. The van der Waals surface area contributed by atoms with E-state index in [4.69, 9.17) is 0 Å². The van der Waals surface area contributed by atoms with E-state index in [0.29, 0.717) is 18.0 Å². The van der Waals surface area contributed by atoms with E-state index in [1.165, 1.54) is 6.42 Å². The number of carbonyl (C=O) groups is 1. The lowest BCUT2D eigenvalue weighted by molar-refractivity contribution is -0.140. The fraction of sp³-hybridized carbons (Fsp3) is 0.929. The molecule has 0 bridgehead atoms. The third-order valence-electron chi connectivity index (χ3n) is 4.51. The number of likely N-dealkylation sites (tertiary alicyclic amines) is 2. The molecule has 2 aliphatic rings. The molecule has 1 amide bonds. The van der Waals surface area contributed by atoms with Crippen molar-refractivity contribution in [3.8, 4) is 0 Å². The summed E-state index contributed by atoms with van der Waals surface area (Å²) < 4.78 is 0. The molecule has 0 saturated carbocycles. The van der Waals surface area contributed by atoms with Crippen LogP contribution in [-0.4, -0.2) is 47.4 Å². The van der Waals surface area contributed by atoms with Crippen molar-refractivity contribution in [2.24, 2.45) is 5.41 Å². The van der Waals surface area contributed by atoms with Gasteiger partial charge < -0.3 is 4.90 Å². The van der Waals surface area contributed by atoms with Gasteiger partial charge in [-0.1, -0.05) is 0 Å². The minimum Gasteiger partial charge on any atom is -0.340 e. The molecule has 0 N–H and O–H groups in total. The summed E-state index contributed by atoms with van der Waals surface area (Å²) in [4.78, 5) is 17.1. The van der Waals surface area contributed by atoms with E-state index in [9.17, 15) is 4.79 Å². The number of piperidine rings is 1. The molecule has 2 rings (SSSR count). The molecule has 2 fully saturated rings. The Morgan fingerprint density at radius 2 is 1.76 bits per heavy atom. The zero-order chi connectivity index (χ0) is 12.6. The molecular weight excluding hydrogens is 212 g/mol. The van der Waals surface area contributed by atoms with Crippen molar-refractivity contribution in [3.63, 3.8) is 0 Å². The van der Waals surface area contributed by atoms with Gasteiger partial charge in [-0.15, -0.1) is 0 Å². The number of nitrogens with zero attached hydrogens (tertiary/aromatic N) is 2. The molecule has 2 saturated heterocycles. The van der Waals surface area contributed by atoms with Crippen LogP contribution in [0.1, 0.15) is 47.0 Å². The van der Waals surface area contributed by atoms with E-state index >= 15 is 0 Å². The first kappa shape index (κ1) is 12.9. The van der Waals surface area contributed by atoms with Crippen molar-refractivity contribution >= 4 is 5.91 Å². The van der Waals surface area contributed by atoms with Gasteiger partial charge in [-0.25, -0.2) is 0 Å². The Morgan fingerprint density at radius 3 is 2.29 bits per heavy atom. The van der Waals surface area contributed by atoms with Crippen molar-refractivity contribution in [2.45, 2.75) is 59.0 Å². The van der Waals surface area contributed by atoms with Crippen LogP contribution in [0.3, 0.4) is 0 Å². The van der Waals surface area contributed by atoms with Gasteiger partial charge in [0.1, 0.15) is 0 Å². The van der Waals surface area contributed by atoms with Crippen LogP contribution in [0, 0.1) is 5.41 Å². The second kappa shape index (κ2) is 4.60. The fourth-order valence-corrected chi connectivity index (χ4v) is 3.33. The molecule has 1 spiro atoms. The number of amides is 1. The van der Waals surface area contributed by atoms with E-state index in [2.05, 4.69) is 37.5 Å².